The second-order valence-corrected chi connectivity index (χ2v) is 2.79. The van der Waals surface area contributed by atoms with Crippen molar-refractivity contribution in [1.29, 1.82) is 0 Å². The van der Waals surface area contributed by atoms with Crippen LogP contribution in [0.15, 0.2) is 0 Å². The summed E-state index contributed by atoms with van der Waals surface area (Å²) < 4.78 is 4.29. The van der Waals surface area contributed by atoms with Crippen molar-refractivity contribution in [3.8, 4) is 0 Å². The van der Waals surface area contributed by atoms with Gasteiger partial charge in [-0.3, -0.25) is 4.79 Å². The first-order valence-corrected chi connectivity index (χ1v) is 3.78. The quantitative estimate of drug-likeness (QED) is 0.365. The van der Waals surface area contributed by atoms with E-state index in [2.05, 4.69) is 4.74 Å². The fourth-order valence-corrected chi connectivity index (χ4v) is 1.19. The maximum Gasteiger partial charge on any atom is 0.396 e. The van der Waals surface area contributed by atoms with Gasteiger partial charge in [-0.15, -0.1) is 0 Å². The number of esters is 1. The standard InChI is InChI=1S/C7H12N2O3/c1-12-7(11)6(10)9-3-2-5(8)4-9/h5H,2-4,8H2,1H3. The van der Waals surface area contributed by atoms with Crippen LogP contribution in [0.2, 0.25) is 0 Å². The van der Waals surface area contributed by atoms with E-state index in [0.29, 0.717) is 13.1 Å². The molecule has 0 saturated carbocycles. The fourth-order valence-electron chi connectivity index (χ4n) is 1.19. The number of carbonyl (C=O) groups is 2. The smallest absolute Gasteiger partial charge is 0.396 e. The van der Waals surface area contributed by atoms with Crippen molar-refractivity contribution >= 4 is 11.9 Å². The van der Waals surface area contributed by atoms with Gasteiger partial charge in [0, 0.05) is 19.1 Å². The first-order chi connectivity index (χ1) is 5.65. The molecule has 1 atom stereocenters. The van der Waals surface area contributed by atoms with Crippen LogP contribution in [0.4, 0.5) is 0 Å². The minimum atomic E-state index is -0.816. The highest BCUT2D eigenvalue weighted by Gasteiger charge is 2.28. The number of hydrogen-bond donors (Lipinski definition) is 1. The SMILES string of the molecule is COC(=O)C(=O)N1CCC(N)C1. The highest BCUT2D eigenvalue weighted by Crippen LogP contribution is 2.06. The number of ether oxygens (including phenoxy) is 1. The molecule has 0 bridgehead atoms. The summed E-state index contributed by atoms with van der Waals surface area (Å²) in [6.45, 7) is 1.00. The number of amides is 1. The van der Waals surface area contributed by atoms with Crippen molar-refractivity contribution in [2.75, 3.05) is 20.2 Å². The Labute approximate surface area is 70.5 Å². The molecule has 0 aromatic carbocycles. The van der Waals surface area contributed by atoms with E-state index in [1.807, 2.05) is 0 Å². The number of nitrogens with zero attached hydrogens (tertiary/aromatic N) is 1. The largest absolute Gasteiger partial charge is 0.462 e. The van der Waals surface area contributed by atoms with Crippen molar-refractivity contribution in [2.24, 2.45) is 5.73 Å². The van der Waals surface area contributed by atoms with Crippen LogP contribution in [0, 0.1) is 0 Å². The van der Waals surface area contributed by atoms with Gasteiger partial charge in [0.1, 0.15) is 0 Å². The molecule has 1 amide bonds. The van der Waals surface area contributed by atoms with E-state index in [0.717, 1.165) is 6.42 Å². The number of hydrogen-bond acceptors (Lipinski definition) is 4. The molecular weight excluding hydrogens is 160 g/mol. The number of rotatable bonds is 0. The van der Waals surface area contributed by atoms with Crippen LogP contribution in [-0.4, -0.2) is 43.0 Å². The van der Waals surface area contributed by atoms with Gasteiger partial charge in [0.15, 0.2) is 0 Å². The maximum atomic E-state index is 11.1. The lowest BCUT2D eigenvalue weighted by atomic mass is 10.3. The number of likely N-dealkylation sites (tertiary alicyclic amines) is 1. The van der Waals surface area contributed by atoms with E-state index < -0.39 is 11.9 Å². The number of carbonyl (C=O) groups excluding carboxylic acids is 2. The lowest BCUT2D eigenvalue weighted by Gasteiger charge is -2.12. The van der Waals surface area contributed by atoms with Crippen molar-refractivity contribution < 1.29 is 14.3 Å². The lowest BCUT2D eigenvalue weighted by molar-refractivity contribution is -0.157. The Kier molecular flexibility index (Phi) is 2.65. The van der Waals surface area contributed by atoms with Gasteiger partial charge in [0.05, 0.1) is 7.11 Å². The van der Waals surface area contributed by atoms with Crippen molar-refractivity contribution in [3.05, 3.63) is 0 Å². The molecule has 1 heterocycles. The molecule has 5 nitrogen and oxygen atoms in total. The first kappa shape index (κ1) is 8.99. The van der Waals surface area contributed by atoms with E-state index in [1.165, 1.54) is 12.0 Å². The molecule has 1 aliphatic rings. The Bertz CT molecular complexity index is 205. The van der Waals surface area contributed by atoms with E-state index >= 15 is 0 Å². The maximum absolute atomic E-state index is 11.1. The Morgan fingerprint density at radius 1 is 1.58 bits per heavy atom. The van der Waals surface area contributed by atoms with E-state index in [4.69, 9.17) is 5.73 Å². The molecule has 1 rings (SSSR count). The zero-order valence-electron chi connectivity index (χ0n) is 6.95. The van der Waals surface area contributed by atoms with E-state index in [9.17, 15) is 9.59 Å². The van der Waals surface area contributed by atoms with Crippen LogP contribution < -0.4 is 5.73 Å². The first-order valence-electron chi connectivity index (χ1n) is 3.78. The molecule has 0 aromatic heterocycles. The third-order valence-electron chi connectivity index (χ3n) is 1.87. The van der Waals surface area contributed by atoms with Gasteiger partial charge < -0.3 is 15.4 Å². The molecule has 1 unspecified atom stereocenters. The zero-order chi connectivity index (χ0) is 9.14. The van der Waals surface area contributed by atoms with Gasteiger partial charge in [0.25, 0.3) is 0 Å². The van der Waals surface area contributed by atoms with Gasteiger partial charge in [-0.2, -0.15) is 0 Å². The Balaban J connectivity index is 2.48. The average Bonchev–Trinajstić information content (AvgIpc) is 2.49. The molecule has 5 heteroatoms. The Morgan fingerprint density at radius 2 is 2.25 bits per heavy atom. The van der Waals surface area contributed by atoms with Crippen LogP contribution >= 0.6 is 0 Å². The normalized spacial score (nSPS) is 22.5. The summed E-state index contributed by atoms with van der Waals surface area (Å²) in [5.41, 5.74) is 5.56. The summed E-state index contributed by atoms with van der Waals surface area (Å²) in [5.74, 6) is -1.41. The molecule has 68 valence electrons. The Hall–Kier alpha value is -1.10. The van der Waals surface area contributed by atoms with Crippen molar-refractivity contribution in [1.82, 2.24) is 4.90 Å². The molecule has 1 fully saturated rings. The molecular formula is C7H12N2O3. The third kappa shape index (κ3) is 1.73. The predicted octanol–water partition coefficient (Wildman–Crippen LogP) is -1.28. The van der Waals surface area contributed by atoms with Gasteiger partial charge in [-0.1, -0.05) is 0 Å². The molecule has 12 heavy (non-hydrogen) atoms. The van der Waals surface area contributed by atoms with Gasteiger partial charge in [-0.25, -0.2) is 4.79 Å². The zero-order valence-corrected chi connectivity index (χ0v) is 6.95. The Morgan fingerprint density at radius 3 is 2.67 bits per heavy atom. The molecule has 0 radical (unpaired) electrons. The third-order valence-corrected chi connectivity index (χ3v) is 1.87. The second kappa shape index (κ2) is 3.53. The average molecular weight is 172 g/mol. The number of nitrogens with two attached hydrogens (primary N) is 1. The highest BCUT2D eigenvalue weighted by molar-refractivity contribution is 6.32. The van der Waals surface area contributed by atoms with Crippen LogP contribution in [0.3, 0.4) is 0 Å². The summed E-state index contributed by atoms with van der Waals surface area (Å²) >= 11 is 0. The van der Waals surface area contributed by atoms with Gasteiger partial charge >= 0.3 is 11.9 Å². The predicted molar refractivity (Wildman–Crippen MR) is 41.2 cm³/mol. The van der Waals surface area contributed by atoms with Crippen LogP contribution in [0.1, 0.15) is 6.42 Å². The summed E-state index contributed by atoms with van der Waals surface area (Å²) in [6.07, 6.45) is 0.753. The van der Waals surface area contributed by atoms with E-state index in [-0.39, 0.29) is 6.04 Å². The van der Waals surface area contributed by atoms with E-state index in [1.54, 1.807) is 0 Å². The summed E-state index contributed by atoms with van der Waals surface area (Å²) in [6, 6.07) is -0.00129. The molecule has 1 saturated heterocycles. The minimum absolute atomic E-state index is 0.00129. The summed E-state index contributed by atoms with van der Waals surface area (Å²) in [7, 11) is 1.19. The fraction of sp³-hybridized carbons (Fsp3) is 0.714. The van der Waals surface area contributed by atoms with Gasteiger partial charge in [0.2, 0.25) is 0 Å². The number of methoxy groups -OCH3 is 1. The van der Waals surface area contributed by atoms with Crippen LogP contribution in [-0.2, 0) is 14.3 Å². The molecule has 0 aromatic rings. The highest BCUT2D eigenvalue weighted by atomic mass is 16.5. The second-order valence-electron chi connectivity index (χ2n) is 2.79. The van der Waals surface area contributed by atoms with Crippen LogP contribution in [0.25, 0.3) is 0 Å². The topological polar surface area (TPSA) is 72.6 Å². The summed E-state index contributed by atoms with van der Waals surface area (Å²) in [4.78, 5) is 23.3. The molecule has 0 spiro atoms. The summed E-state index contributed by atoms with van der Waals surface area (Å²) in [5, 5.41) is 0. The van der Waals surface area contributed by atoms with Gasteiger partial charge in [-0.05, 0) is 6.42 Å². The molecule has 2 N–H and O–H groups in total. The monoisotopic (exact) mass is 172 g/mol. The van der Waals surface area contributed by atoms with Crippen LogP contribution in [0.5, 0.6) is 0 Å². The minimum Gasteiger partial charge on any atom is -0.462 e. The van der Waals surface area contributed by atoms with Crippen molar-refractivity contribution in [2.45, 2.75) is 12.5 Å². The lowest BCUT2D eigenvalue weighted by Crippen LogP contribution is -2.37. The van der Waals surface area contributed by atoms with Crippen molar-refractivity contribution in [3.63, 3.8) is 0 Å². The molecule has 0 aliphatic carbocycles. The molecule has 1 aliphatic heterocycles.